The van der Waals surface area contributed by atoms with E-state index in [1.165, 1.54) is 6.42 Å². The van der Waals surface area contributed by atoms with E-state index in [4.69, 9.17) is 11.6 Å². The quantitative estimate of drug-likeness (QED) is 0.835. The predicted molar refractivity (Wildman–Crippen MR) is 107 cm³/mol. The van der Waals surface area contributed by atoms with Gasteiger partial charge in [0.05, 0.1) is 10.6 Å². The van der Waals surface area contributed by atoms with Gasteiger partial charge in [-0.2, -0.15) is 0 Å². The van der Waals surface area contributed by atoms with Crippen LogP contribution >= 0.6 is 11.6 Å². The monoisotopic (exact) mass is 392 g/mol. The van der Waals surface area contributed by atoms with Gasteiger partial charge in [0, 0.05) is 44.8 Å². The lowest BCUT2D eigenvalue weighted by Gasteiger charge is -2.34. The van der Waals surface area contributed by atoms with E-state index in [2.05, 4.69) is 15.2 Å². The minimum atomic E-state index is 0.0130. The highest BCUT2D eigenvalue weighted by molar-refractivity contribution is 6.33. The van der Waals surface area contributed by atoms with Gasteiger partial charge in [-0.05, 0) is 44.6 Å². The number of likely N-dealkylation sites (tertiary alicyclic amines) is 1. The predicted octanol–water partition coefficient (Wildman–Crippen LogP) is 3.25. The SMILES string of the molecule is CCCC(=O)NC1CCCN(c2ncc(C(=O)N3CCCCC3)cc2Cl)C1. The summed E-state index contributed by atoms with van der Waals surface area (Å²) in [6.07, 6.45) is 8.29. The molecule has 0 saturated carbocycles. The summed E-state index contributed by atoms with van der Waals surface area (Å²) in [4.78, 5) is 33.0. The number of hydrogen-bond acceptors (Lipinski definition) is 4. The summed E-state index contributed by atoms with van der Waals surface area (Å²) >= 11 is 6.49. The lowest BCUT2D eigenvalue weighted by Crippen LogP contribution is -2.48. The molecule has 0 aliphatic carbocycles. The van der Waals surface area contributed by atoms with Crippen molar-refractivity contribution in [2.75, 3.05) is 31.1 Å². The van der Waals surface area contributed by atoms with Crippen LogP contribution in [0.1, 0.15) is 62.2 Å². The Balaban J connectivity index is 1.66. The zero-order valence-corrected chi connectivity index (χ0v) is 16.8. The number of carbonyl (C=O) groups excluding carboxylic acids is 2. The van der Waals surface area contributed by atoms with E-state index < -0.39 is 0 Å². The van der Waals surface area contributed by atoms with Gasteiger partial charge in [-0.15, -0.1) is 0 Å². The normalized spacial score (nSPS) is 20.4. The van der Waals surface area contributed by atoms with E-state index in [1.807, 2.05) is 11.8 Å². The Labute approximate surface area is 166 Å². The molecular formula is C20H29ClN4O2. The minimum Gasteiger partial charge on any atom is -0.353 e. The summed E-state index contributed by atoms with van der Waals surface area (Å²) < 4.78 is 0. The lowest BCUT2D eigenvalue weighted by atomic mass is 10.1. The summed E-state index contributed by atoms with van der Waals surface area (Å²) in [5, 5.41) is 3.60. The first-order chi connectivity index (χ1) is 13.1. The molecule has 3 rings (SSSR count). The minimum absolute atomic E-state index is 0.0130. The summed E-state index contributed by atoms with van der Waals surface area (Å²) in [5.41, 5.74) is 0.551. The van der Waals surface area contributed by atoms with Crippen molar-refractivity contribution in [1.29, 1.82) is 0 Å². The van der Waals surface area contributed by atoms with Crippen molar-refractivity contribution < 1.29 is 9.59 Å². The molecule has 0 spiro atoms. The number of pyridine rings is 1. The summed E-state index contributed by atoms with van der Waals surface area (Å²) in [6.45, 7) is 5.17. The molecule has 3 heterocycles. The van der Waals surface area contributed by atoms with Crippen LogP contribution in [0.4, 0.5) is 5.82 Å². The largest absolute Gasteiger partial charge is 0.353 e. The standard InChI is InChI=1S/C20H29ClN4O2/c1-2-7-18(26)23-16-8-6-11-25(14-16)19-17(21)12-15(13-22-19)20(27)24-9-4-3-5-10-24/h12-13,16H,2-11,14H2,1H3,(H,23,26). The summed E-state index contributed by atoms with van der Waals surface area (Å²) in [6, 6.07) is 1.85. The van der Waals surface area contributed by atoms with Crippen LogP contribution in [0.25, 0.3) is 0 Å². The average molecular weight is 393 g/mol. The number of aromatic nitrogens is 1. The number of nitrogens with zero attached hydrogens (tertiary/aromatic N) is 3. The molecule has 2 amide bonds. The Morgan fingerprint density at radius 3 is 2.70 bits per heavy atom. The molecule has 27 heavy (non-hydrogen) atoms. The number of piperidine rings is 2. The molecule has 1 N–H and O–H groups in total. The number of rotatable bonds is 5. The summed E-state index contributed by atoms with van der Waals surface area (Å²) in [5.74, 6) is 0.811. The molecule has 7 heteroatoms. The van der Waals surface area contributed by atoms with Gasteiger partial charge in [-0.1, -0.05) is 18.5 Å². The third-order valence-corrected chi connectivity index (χ3v) is 5.55. The maximum Gasteiger partial charge on any atom is 0.255 e. The fraction of sp³-hybridized carbons (Fsp3) is 0.650. The Bertz CT molecular complexity index is 676. The van der Waals surface area contributed by atoms with Crippen molar-refractivity contribution in [3.05, 3.63) is 22.8 Å². The number of hydrogen-bond donors (Lipinski definition) is 1. The maximum atomic E-state index is 12.6. The number of carbonyl (C=O) groups is 2. The molecule has 2 fully saturated rings. The molecule has 0 radical (unpaired) electrons. The Hall–Kier alpha value is -1.82. The first-order valence-corrected chi connectivity index (χ1v) is 10.5. The van der Waals surface area contributed by atoms with Gasteiger partial charge in [0.25, 0.3) is 5.91 Å². The van der Waals surface area contributed by atoms with Crippen LogP contribution in [-0.2, 0) is 4.79 Å². The third kappa shape index (κ3) is 5.12. The van der Waals surface area contributed by atoms with E-state index in [0.29, 0.717) is 29.4 Å². The first kappa shape index (κ1) is 19.9. The van der Waals surface area contributed by atoms with E-state index >= 15 is 0 Å². The zero-order chi connectivity index (χ0) is 19.2. The molecule has 2 aliphatic rings. The van der Waals surface area contributed by atoms with Crippen molar-refractivity contribution in [2.45, 2.75) is 57.9 Å². The van der Waals surface area contributed by atoms with Crippen LogP contribution in [0.2, 0.25) is 5.02 Å². The molecule has 148 valence electrons. The molecule has 1 aromatic rings. The third-order valence-electron chi connectivity index (χ3n) is 5.28. The van der Waals surface area contributed by atoms with Crippen molar-refractivity contribution >= 4 is 29.2 Å². The second-order valence-corrected chi connectivity index (χ2v) is 7.89. The molecule has 1 atom stereocenters. The lowest BCUT2D eigenvalue weighted by molar-refractivity contribution is -0.121. The molecule has 1 aromatic heterocycles. The highest BCUT2D eigenvalue weighted by atomic mass is 35.5. The molecule has 0 bridgehead atoms. The van der Waals surface area contributed by atoms with Crippen LogP contribution in [-0.4, -0.2) is 53.9 Å². The fourth-order valence-electron chi connectivity index (χ4n) is 3.87. The average Bonchev–Trinajstić information content (AvgIpc) is 2.68. The second-order valence-electron chi connectivity index (χ2n) is 7.48. The van der Waals surface area contributed by atoms with Gasteiger partial charge in [-0.3, -0.25) is 9.59 Å². The van der Waals surface area contributed by atoms with Gasteiger partial charge in [0.15, 0.2) is 0 Å². The van der Waals surface area contributed by atoms with Crippen LogP contribution in [0.5, 0.6) is 0 Å². The molecule has 0 aromatic carbocycles. The second kappa shape index (κ2) is 9.40. The van der Waals surface area contributed by atoms with Gasteiger partial charge < -0.3 is 15.1 Å². The van der Waals surface area contributed by atoms with Gasteiger partial charge in [0.1, 0.15) is 5.82 Å². The molecule has 1 unspecified atom stereocenters. The molecular weight excluding hydrogens is 364 g/mol. The van der Waals surface area contributed by atoms with E-state index in [0.717, 1.165) is 51.7 Å². The van der Waals surface area contributed by atoms with Gasteiger partial charge in [-0.25, -0.2) is 4.98 Å². The maximum absolute atomic E-state index is 12.6. The van der Waals surface area contributed by atoms with Crippen molar-refractivity contribution in [3.63, 3.8) is 0 Å². The summed E-state index contributed by atoms with van der Waals surface area (Å²) in [7, 11) is 0. The molecule has 6 nitrogen and oxygen atoms in total. The van der Waals surface area contributed by atoms with E-state index in [-0.39, 0.29) is 17.9 Å². The Kier molecular flexibility index (Phi) is 6.94. The van der Waals surface area contributed by atoms with Crippen molar-refractivity contribution in [3.8, 4) is 0 Å². The Morgan fingerprint density at radius 2 is 2.00 bits per heavy atom. The zero-order valence-electron chi connectivity index (χ0n) is 16.0. The molecule has 2 aliphatic heterocycles. The first-order valence-electron chi connectivity index (χ1n) is 10.1. The highest BCUT2D eigenvalue weighted by Crippen LogP contribution is 2.27. The Morgan fingerprint density at radius 1 is 1.22 bits per heavy atom. The topological polar surface area (TPSA) is 65.5 Å². The van der Waals surface area contributed by atoms with Crippen LogP contribution < -0.4 is 10.2 Å². The number of amides is 2. The van der Waals surface area contributed by atoms with Crippen LogP contribution in [0.3, 0.4) is 0 Å². The number of anilines is 1. The van der Waals surface area contributed by atoms with E-state index in [9.17, 15) is 9.59 Å². The van der Waals surface area contributed by atoms with Crippen LogP contribution in [0.15, 0.2) is 12.3 Å². The van der Waals surface area contributed by atoms with Crippen molar-refractivity contribution in [1.82, 2.24) is 15.2 Å². The smallest absolute Gasteiger partial charge is 0.255 e. The van der Waals surface area contributed by atoms with Gasteiger partial charge in [0.2, 0.25) is 5.91 Å². The van der Waals surface area contributed by atoms with Crippen LogP contribution in [0, 0.1) is 0 Å². The number of nitrogens with one attached hydrogen (secondary N) is 1. The fourth-order valence-corrected chi connectivity index (χ4v) is 4.16. The van der Waals surface area contributed by atoms with Crippen molar-refractivity contribution in [2.24, 2.45) is 0 Å². The highest BCUT2D eigenvalue weighted by Gasteiger charge is 2.25. The van der Waals surface area contributed by atoms with Gasteiger partial charge >= 0.3 is 0 Å². The number of halogens is 1. The molecule has 2 saturated heterocycles. The van der Waals surface area contributed by atoms with E-state index in [1.54, 1.807) is 12.3 Å².